The van der Waals surface area contributed by atoms with E-state index in [1.54, 1.807) is 11.8 Å². The summed E-state index contributed by atoms with van der Waals surface area (Å²) in [4.78, 5) is 5.45. The summed E-state index contributed by atoms with van der Waals surface area (Å²) in [6, 6.07) is 11.0. The molecule has 1 N–H and O–H groups in total. The summed E-state index contributed by atoms with van der Waals surface area (Å²) in [7, 11) is 0. The fraction of sp³-hybridized carbons (Fsp3) is 0.267. The van der Waals surface area contributed by atoms with E-state index in [0.717, 1.165) is 5.69 Å². The van der Waals surface area contributed by atoms with E-state index in [-0.39, 0.29) is 6.04 Å². The molecule has 2 rings (SSSR count). The molecular formula is C15H18N2S. The van der Waals surface area contributed by atoms with E-state index in [9.17, 15) is 0 Å². The van der Waals surface area contributed by atoms with Gasteiger partial charge in [-0.15, -0.1) is 11.8 Å². The standard InChI is InChI=1S/C15H18N2S/c1-11-8-9-16-10-15(11)17-12(2)13-4-6-14(18-3)7-5-13/h4-10,12,17H,1-3H3. The molecule has 0 aliphatic carbocycles. The average molecular weight is 258 g/mol. The molecular weight excluding hydrogens is 240 g/mol. The second-order valence-electron chi connectivity index (χ2n) is 4.33. The van der Waals surface area contributed by atoms with Gasteiger partial charge in [0.1, 0.15) is 0 Å². The van der Waals surface area contributed by atoms with E-state index in [2.05, 4.69) is 54.7 Å². The van der Waals surface area contributed by atoms with Crippen LogP contribution in [-0.4, -0.2) is 11.2 Å². The molecule has 0 bridgehead atoms. The fourth-order valence-corrected chi connectivity index (χ4v) is 2.23. The Morgan fingerprint density at radius 1 is 1.17 bits per heavy atom. The Hall–Kier alpha value is -1.48. The van der Waals surface area contributed by atoms with Gasteiger partial charge in [0.2, 0.25) is 0 Å². The topological polar surface area (TPSA) is 24.9 Å². The van der Waals surface area contributed by atoms with Crippen molar-refractivity contribution in [3.63, 3.8) is 0 Å². The molecule has 3 heteroatoms. The molecule has 0 aliphatic rings. The summed E-state index contributed by atoms with van der Waals surface area (Å²) in [5, 5.41) is 3.49. The van der Waals surface area contributed by atoms with Crippen LogP contribution < -0.4 is 5.32 Å². The minimum atomic E-state index is 0.281. The lowest BCUT2D eigenvalue weighted by molar-refractivity contribution is 0.878. The van der Waals surface area contributed by atoms with Crippen molar-refractivity contribution in [3.05, 3.63) is 53.9 Å². The summed E-state index contributed by atoms with van der Waals surface area (Å²) in [5.41, 5.74) is 3.60. The van der Waals surface area contributed by atoms with Crippen molar-refractivity contribution < 1.29 is 0 Å². The number of nitrogens with zero attached hydrogens (tertiary/aromatic N) is 1. The molecule has 0 saturated carbocycles. The summed E-state index contributed by atoms with van der Waals surface area (Å²) >= 11 is 1.77. The molecule has 0 aliphatic heterocycles. The maximum atomic E-state index is 4.15. The molecule has 1 heterocycles. The van der Waals surface area contributed by atoms with E-state index in [0.29, 0.717) is 0 Å². The van der Waals surface area contributed by atoms with E-state index in [1.165, 1.54) is 16.0 Å². The third-order valence-corrected chi connectivity index (χ3v) is 3.77. The number of rotatable bonds is 4. The van der Waals surface area contributed by atoms with Crippen LogP contribution >= 0.6 is 11.8 Å². The first-order valence-corrected chi connectivity index (χ1v) is 7.24. The van der Waals surface area contributed by atoms with Gasteiger partial charge in [0, 0.05) is 17.1 Å². The highest BCUT2D eigenvalue weighted by atomic mass is 32.2. The van der Waals surface area contributed by atoms with Gasteiger partial charge < -0.3 is 5.32 Å². The van der Waals surface area contributed by atoms with Gasteiger partial charge in [0.25, 0.3) is 0 Å². The average Bonchev–Trinajstić information content (AvgIpc) is 2.41. The monoisotopic (exact) mass is 258 g/mol. The minimum absolute atomic E-state index is 0.281. The van der Waals surface area contributed by atoms with Gasteiger partial charge in [-0.3, -0.25) is 4.98 Å². The third-order valence-electron chi connectivity index (χ3n) is 3.03. The van der Waals surface area contributed by atoms with Gasteiger partial charge >= 0.3 is 0 Å². The van der Waals surface area contributed by atoms with E-state index in [1.807, 2.05) is 18.5 Å². The molecule has 2 aromatic rings. The Balaban J connectivity index is 2.11. The molecule has 18 heavy (non-hydrogen) atoms. The number of thioether (sulfide) groups is 1. The van der Waals surface area contributed by atoms with Crippen molar-refractivity contribution in [1.29, 1.82) is 0 Å². The van der Waals surface area contributed by atoms with E-state index in [4.69, 9.17) is 0 Å². The second kappa shape index (κ2) is 5.91. The lowest BCUT2D eigenvalue weighted by Crippen LogP contribution is -2.07. The van der Waals surface area contributed by atoms with Crippen LogP contribution in [0.4, 0.5) is 5.69 Å². The lowest BCUT2D eigenvalue weighted by Gasteiger charge is -2.17. The number of hydrogen-bond donors (Lipinski definition) is 1. The van der Waals surface area contributed by atoms with E-state index < -0.39 is 0 Å². The maximum absolute atomic E-state index is 4.15. The van der Waals surface area contributed by atoms with Gasteiger partial charge in [0.15, 0.2) is 0 Å². The van der Waals surface area contributed by atoms with Gasteiger partial charge in [-0.1, -0.05) is 12.1 Å². The number of aromatic nitrogens is 1. The number of benzene rings is 1. The Morgan fingerprint density at radius 3 is 2.50 bits per heavy atom. The summed E-state index contributed by atoms with van der Waals surface area (Å²) in [6.07, 6.45) is 5.79. The quantitative estimate of drug-likeness (QED) is 0.828. The molecule has 94 valence electrons. The highest BCUT2D eigenvalue weighted by molar-refractivity contribution is 7.98. The molecule has 1 atom stereocenters. The zero-order valence-corrected chi connectivity index (χ0v) is 11.8. The summed E-state index contributed by atoms with van der Waals surface area (Å²) in [6.45, 7) is 4.26. The van der Waals surface area contributed by atoms with Gasteiger partial charge in [0.05, 0.1) is 11.9 Å². The smallest absolute Gasteiger partial charge is 0.0561 e. The fourth-order valence-electron chi connectivity index (χ4n) is 1.82. The van der Waals surface area contributed by atoms with Crippen molar-refractivity contribution in [2.75, 3.05) is 11.6 Å². The van der Waals surface area contributed by atoms with Crippen LogP contribution in [0.3, 0.4) is 0 Å². The van der Waals surface area contributed by atoms with Crippen LogP contribution in [0.5, 0.6) is 0 Å². The number of aryl methyl sites for hydroxylation is 1. The van der Waals surface area contributed by atoms with E-state index >= 15 is 0 Å². The van der Waals surface area contributed by atoms with Crippen LogP contribution in [0.25, 0.3) is 0 Å². The summed E-state index contributed by atoms with van der Waals surface area (Å²) in [5.74, 6) is 0. The molecule has 1 aromatic heterocycles. The Morgan fingerprint density at radius 2 is 1.89 bits per heavy atom. The van der Waals surface area contributed by atoms with Crippen LogP contribution in [0.1, 0.15) is 24.1 Å². The van der Waals surface area contributed by atoms with Crippen molar-refractivity contribution in [3.8, 4) is 0 Å². The molecule has 0 radical (unpaired) electrons. The normalized spacial score (nSPS) is 12.2. The first-order valence-electron chi connectivity index (χ1n) is 6.02. The third kappa shape index (κ3) is 3.05. The zero-order chi connectivity index (χ0) is 13.0. The SMILES string of the molecule is CSc1ccc(C(C)Nc2cnccc2C)cc1. The highest BCUT2D eigenvalue weighted by Crippen LogP contribution is 2.23. The van der Waals surface area contributed by atoms with Crippen LogP contribution in [0.2, 0.25) is 0 Å². The molecule has 0 fully saturated rings. The molecule has 0 spiro atoms. The van der Waals surface area contributed by atoms with Gasteiger partial charge in [-0.2, -0.15) is 0 Å². The van der Waals surface area contributed by atoms with Crippen molar-refractivity contribution in [1.82, 2.24) is 4.98 Å². The number of anilines is 1. The summed E-state index contributed by atoms with van der Waals surface area (Å²) < 4.78 is 0. The van der Waals surface area contributed by atoms with Gasteiger partial charge in [-0.25, -0.2) is 0 Å². The molecule has 1 unspecified atom stereocenters. The molecule has 2 nitrogen and oxygen atoms in total. The maximum Gasteiger partial charge on any atom is 0.0561 e. The van der Waals surface area contributed by atoms with Gasteiger partial charge in [-0.05, 0) is 49.4 Å². The largest absolute Gasteiger partial charge is 0.377 e. The first kappa shape index (κ1) is 13.0. The van der Waals surface area contributed by atoms with Crippen molar-refractivity contribution >= 4 is 17.4 Å². The Bertz CT molecular complexity index is 508. The highest BCUT2D eigenvalue weighted by Gasteiger charge is 2.06. The van der Waals surface area contributed by atoms with Crippen LogP contribution in [-0.2, 0) is 0 Å². The number of nitrogens with one attached hydrogen (secondary N) is 1. The first-order chi connectivity index (χ1) is 8.70. The second-order valence-corrected chi connectivity index (χ2v) is 5.21. The Labute approximate surface area is 113 Å². The number of pyridine rings is 1. The minimum Gasteiger partial charge on any atom is -0.377 e. The predicted octanol–water partition coefficient (Wildman–Crippen LogP) is 4.29. The number of hydrogen-bond acceptors (Lipinski definition) is 3. The van der Waals surface area contributed by atoms with Crippen LogP contribution in [0.15, 0.2) is 47.6 Å². The van der Waals surface area contributed by atoms with Crippen molar-refractivity contribution in [2.24, 2.45) is 0 Å². The van der Waals surface area contributed by atoms with Crippen LogP contribution in [0, 0.1) is 6.92 Å². The molecule has 0 amide bonds. The molecule has 0 saturated heterocycles. The predicted molar refractivity (Wildman–Crippen MR) is 79.2 cm³/mol. The molecule has 1 aromatic carbocycles. The van der Waals surface area contributed by atoms with Crippen molar-refractivity contribution in [2.45, 2.75) is 24.8 Å². The lowest BCUT2D eigenvalue weighted by atomic mass is 10.1. The zero-order valence-electron chi connectivity index (χ0n) is 11.0. The Kier molecular flexibility index (Phi) is 4.26.